The molecule has 20 amide bonds. The van der Waals surface area contributed by atoms with Gasteiger partial charge in [-0.1, -0.05) is 141 Å². The first kappa shape index (κ1) is 116. The van der Waals surface area contributed by atoms with Crippen LogP contribution in [0.25, 0.3) is 10.9 Å². The van der Waals surface area contributed by atoms with Crippen molar-refractivity contribution in [2.45, 2.75) is 287 Å². The summed E-state index contributed by atoms with van der Waals surface area (Å²) < 4.78 is 0. The van der Waals surface area contributed by atoms with Gasteiger partial charge in [0.2, 0.25) is 100 Å². The second-order valence-corrected chi connectivity index (χ2v) is 41.2. The third-order valence-electron chi connectivity index (χ3n) is 22.8. The molecule has 136 heavy (non-hydrogen) atoms. The zero-order valence-corrected chi connectivity index (χ0v) is 83.2. The van der Waals surface area contributed by atoms with Gasteiger partial charge < -0.3 is 122 Å². The predicted molar refractivity (Wildman–Crippen MR) is 515 cm³/mol. The molecule has 1 aromatic carbocycles. The van der Waals surface area contributed by atoms with E-state index in [0.717, 1.165) is 42.8 Å². The van der Waals surface area contributed by atoms with E-state index in [4.69, 9.17) is 11.5 Å². The average Bonchev–Trinajstić information content (AvgIpc) is 1.60. The number of nitrogens with one attached hydrogen (secondary N) is 20. The van der Waals surface area contributed by atoms with E-state index in [1.54, 1.807) is 85.9 Å². The Balaban J connectivity index is 1.74. The summed E-state index contributed by atoms with van der Waals surface area (Å²) in [6.07, 6.45) is 3.33. The number of para-hydroxylation sites is 1. The minimum atomic E-state index is -1.95. The van der Waals surface area contributed by atoms with Gasteiger partial charge in [-0.15, -0.1) is 0 Å². The number of urea groups is 1. The van der Waals surface area contributed by atoms with Crippen molar-refractivity contribution in [2.24, 2.45) is 41.1 Å². The van der Waals surface area contributed by atoms with Crippen molar-refractivity contribution in [3.63, 3.8) is 0 Å². The molecule has 3 saturated heterocycles. The Labute approximate surface area is 809 Å². The molecule has 48 heteroatoms. The molecule has 20 atom stereocenters. The van der Waals surface area contributed by atoms with Crippen LogP contribution in [0.1, 0.15) is 174 Å². The fourth-order valence-corrected chi connectivity index (χ4v) is 18.5. The number of H-pyrrole nitrogens is 1. The van der Waals surface area contributed by atoms with Crippen LogP contribution < -0.4 is 112 Å². The number of aromatic amines is 1. The topological polar surface area (TPSA) is 678 Å². The molecule has 0 radical (unpaired) electrons. The van der Waals surface area contributed by atoms with Crippen LogP contribution in [0.5, 0.6) is 0 Å². The van der Waals surface area contributed by atoms with Crippen molar-refractivity contribution in [1.82, 2.24) is 106 Å². The van der Waals surface area contributed by atoms with Crippen LogP contribution in [0.4, 0.5) is 4.79 Å². The number of thioether (sulfide) groups is 4. The van der Waals surface area contributed by atoms with Crippen LogP contribution in [-0.4, -0.2) is 307 Å². The number of fused-ring (bicyclic) bond motifs is 19. The van der Waals surface area contributed by atoms with Gasteiger partial charge in [-0.05, 0) is 92.5 Å². The van der Waals surface area contributed by atoms with E-state index >= 15 is 43.2 Å². The first-order chi connectivity index (χ1) is 64.2. The quantitative estimate of drug-likeness (QED) is 0.0238. The number of hydrogen-bond donors (Lipinski definition) is 24. The third kappa shape index (κ3) is 38.1. The van der Waals surface area contributed by atoms with Gasteiger partial charge in [-0.3, -0.25) is 96.4 Å². The molecule has 4 heterocycles. The molecule has 0 saturated carbocycles. The summed E-state index contributed by atoms with van der Waals surface area (Å²) in [4.78, 5) is 296. The molecular formula is C88H142N22O22S4. The molecule has 4 bridgehead atoms. The Morgan fingerprint density at radius 3 is 1.74 bits per heavy atom. The van der Waals surface area contributed by atoms with Crippen molar-refractivity contribution in [3.8, 4) is 0 Å². The first-order valence-corrected chi connectivity index (χ1v) is 50.5. The number of imide groups is 1. The smallest absolute Gasteiger partial charge is 0.322 e. The summed E-state index contributed by atoms with van der Waals surface area (Å²) >= 11 is 3.73. The van der Waals surface area contributed by atoms with Crippen molar-refractivity contribution in [1.29, 1.82) is 0 Å². The number of aliphatic carboxylic acids is 1. The molecule has 44 nitrogen and oxygen atoms in total. The molecule has 5 rings (SSSR count). The number of hydrogen-bond acceptors (Lipinski definition) is 27. The molecule has 3 aliphatic rings. The predicted octanol–water partition coefficient (Wildman–Crippen LogP) is -3.24. The number of benzene rings is 1. The maximum atomic E-state index is 15.6. The number of unbranched alkanes of at least 4 members (excludes halogenated alkanes) is 4. The van der Waals surface area contributed by atoms with Crippen molar-refractivity contribution in [2.75, 3.05) is 61.6 Å². The van der Waals surface area contributed by atoms with E-state index in [-0.39, 0.29) is 49.7 Å². The summed E-state index contributed by atoms with van der Waals surface area (Å²) in [5, 5.41) is 66.0. The lowest BCUT2D eigenvalue weighted by atomic mass is 9.96. The van der Waals surface area contributed by atoms with E-state index in [2.05, 4.69) is 106 Å². The molecule has 3 aliphatic heterocycles. The Bertz CT molecular complexity index is 4470. The lowest BCUT2D eigenvalue weighted by molar-refractivity contribution is -0.139. The number of amides is 20. The van der Waals surface area contributed by atoms with E-state index in [9.17, 15) is 63.0 Å². The normalized spacial score (nSPS) is 25.0. The third-order valence-corrected chi connectivity index (χ3v) is 27.8. The van der Waals surface area contributed by atoms with Gasteiger partial charge in [0.05, 0.1) is 25.7 Å². The Morgan fingerprint density at radius 1 is 0.551 bits per heavy atom. The molecule has 2 unspecified atom stereocenters. The second kappa shape index (κ2) is 58.2. The van der Waals surface area contributed by atoms with E-state index < -0.39 is 298 Å². The van der Waals surface area contributed by atoms with Crippen LogP contribution in [0, 0.1) is 29.6 Å². The standard InChI is InChI=1S/C88H142N22O22S4/c1-16-46(11)68-84(128)97-55(27-28-65(114)115)77(121)102-61-40-135-50(15)71(109-88(132)110-83(127)67(45(9)10)106-80(124)58(33-51-34-92-54-26-22-21-25-52(51)54)96-63(112)35-93-74(118)59(37-111)100-73(117)53(90)38-133-17-2)86(130)99-57(32-43(5)6)79(123)108-70(87(131)107-68)49(14)136-41-62-81(125)95-47(12)72(116)101-60(75(119)91-30-24-20-18-19-23-29-89)39-134-48(13)69(104-64(113)36-94-76(61)120)85(129)98-56(31-42(3)4)78(122)105-66(44(7)8)82(126)103-62/h21-22,25-26,34,42-50,53,55-62,66-71,92,111H,16-20,23-24,27-33,35-41,89-90H2,1-15H3,(H,91,119)(H,93,118)(H,94,120)(H,95,125)(H,96,112)(H,97,128)(H,98,129)(H,99,130)(H,100,117)(H,101,116)(H,102,121)(H,103,126)(H,104,113)(H,105,122)(H,106,124)(H,107,131)(H,108,123)(H,114,115)(H2,109,110,127,132)/t46?,47-,48-,49-,50?,53-,55-,56-,57-,58-,59-,60-,61-,62-,66-,67-,68-,69-,70+,71+/m0/s1. The van der Waals surface area contributed by atoms with Gasteiger partial charge in [0.15, 0.2) is 0 Å². The maximum Gasteiger partial charge on any atom is 0.322 e. The molecule has 1 aromatic heterocycles. The maximum absolute atomic E-state index is 15.6. The van der Waals surface area contributed by atoms with Gasteiger partial charge in [0.25, 0.3) is 5.91 Å². The molecule has 760 valence electrons. The van der Waals surface area contributed by atoms with Crippen molar-refractivity contribution in [3.05, 3.63) is 36.0 Å². The highest BCUT2D eigenvalue weighted by Gasteiger charge is 2.44. The zero-order valence-electron chi connectivity index (χ0n) is 79.9. The highest BCUT2D eigenvalue weighted by atomic mass is 32.2. The molecule has 26 N–H and O–H groups in total. The number of rotatable bonds is 35. The number of carbonyl (C=O) groups excluding carboxylic acids is 19. The van der Waals surface area contributed by atoms with E-state index in [1.165, 1.54) is 53.3 Å². The first-order valence-electron chi connectivity index (χ1n) is 46.2. The largest absolute Gasteiger partial charge is 0.481 e. The average molecular weight is 1990 g/mol. The van der Waals surface area contributed by atoms with Crippen LogP contribution in [0.15, 0.2) is 30.5 Å². The van der Waals surface area contributed by atoms with Crippen molar-refractivity contribution < 1.29 is 106 Å². The number of carboxylic acids is 1. The lowest BCUT2D eigenvalue weighted by Gasteiger charge is -2.32. The summed E-state index contributed by atoms with van der Waals surface area (Å²) in [5.74, 6) is -23.9. The summed E-state index contributed by atoms with van der Waals surface area (Å²) in [6.45, 7) is 21.5. The van der Waals surface area contributed by atoms with Crippen LogP contribution in [-0.2, 0) is 97.5 Å². The minimum absolute atomic E-state index is 0.0783. The van der Waals surface area contributed by atoms with E-state index in [0.29, 0.717) is 53.4 Å². The Kier molecular flexibility index (Phi) is 49.6. The highest BCUT2D eigenvalue weighted by molar-refractivity contribution is 8.00. The summed E-state index contributed by atoms with van der Waals surface area (Å²) in [5.41, 5.74) is 12.8. The SMILES string of the molecule is CCSC[C@H](N)C(=O)N[C@@H](CO)C(=O)NCC(=O)N[C@@H](Cc1c[nH]c2ccccc12)C(=O)N[C@H](C(=O)NC(=O)N[C@H]1C(=O)N[C@@H](CC(C)C)C(=O)N[C@H]2C(=O)N[C@@H](C(C)CC)C(=O)N[C@@H](CCC(=O)O)C(=O)N[C@@H](CSC1C)C(=O)NCC(=O)N[C@@H]1C(=O)N[C@@H](CC(C)C)C(=O)N[C@@H](C(C)C)C(=O)N[C@@H](CS[C@H]2C)C(=O)N[C@@H](C)C(=O)N[C@H](C(=O)NCCCCCCCN)CS[C@H]1C)C(C)C. The molecule has 0 spiro atoms. The van der Waals surface area contributed by atoms with Crippen LogP contribution >= 0.6 is 47.0 Å². The number of carbonyl (C=O) groups is 20. The number of aliphatic hydroxyl groups is 1. The highest BCUT2D eigenvalue weighted by Crippen LogP contribution is 2.26. The second-order valence-electron chi connectivity index (χ2n) is 35.7. The number of carboxylic acid groups (broad SMARTS) is 1. The summed E-state index contributed by atoms with van der Waals surface area (Å²) in [6, 6.07) is -20.6. The number of nitrogens with two attached hydrogens (primary N) is 2. The van der Waals surface area contributed by atoms with Gasteiger partial charge >= 0.3 is 12.0 Å². The Hall–Kier alpha value is -10.6. The van der Waals surface area contributed by atoms with Gasteiger partial charge in [-0.2, -0.15) is 47.0 Å². The number of aromatic nitrogens is 1. The molecule has 2 aromatic rings. The van der Waals surface area contributed by atoms with E-state index in [1.807, 2.05) is 6.92 Å². The molecular weight excluding hydrogens is 1850 g/mol. The Morgan fingerprint density at radius 2 is 1.12 bits per heavy atom. The minimum Gasteiger partial charge on any atom is -0.481 e. The monoisotopic (exact) mass is 1990 g/mol. The van der Waals surface area contributed by atoms with Gasteiger partial charge in [0.1, 0.15) is 90.6 Å². The molecule has 3 fully saturated rings. The van der Waals surface area contributed by atoms with Crippen LogP contribution in [0.2, 0.25) is 0 Å². The van der Waals surface area contributed by atoms with Gasteiger partial charge in [-0.25, -0.2) is 4.79 Å². The fourth-order valence-electron chi connectivity index (χ4n) is 14.6. The zero-order chi connectivity index (χ0) is 101. The fraction of sp³-hybridized carbons (Fsp3) is 0.682. The number of aliphatic hydroxyl groups excluding tert-OH is 1. The van der Waals surface area contributed by atoms with Crippen LogP contribution in [0.3, 0.4) is 0 Å². The summed E-state index contributed by atoms with van der Waals surface area (Å²) in [7, 11) is 0. The van der Waals surface area contributed by atoms with Crippen molar-refractivity contribution >= 4 is 176 Å². The van der Waals surface area contributed by atoms with Gasteiger partial charge in [0, 0.05) is 75.2 Å². The molecule has 0 aliphatic carbocycles. The lowest BCUT2D eigenvalue weighted by Crippen LogP contribution is -2.63.